The molecule has 0 radical (unpaired) electrons. The number of pyridine rings is 1. The van der Waals surface area contributed by atoms with Gasteiger partial charge in [0.05, 0.1) is 11.9 Å². The lowest BCUT2D eigenvalue weighted by Gasteiger charge is -2.24. The van der Waals surface area contributed by atoms with Gasteiger partial charge in [-0.05, 0) is 39.0 Å². The molecule has 8 heteroatoms. The number of hydrogen-bond donors (Lipinski definition) is 2. The van der Waals surface area contributed by atoms with Crippen molar-refractivity contribution in [2.24, 2.45) is 0 Å². The van der Waals surface area contributed by atoms with Gasteiger partial charge in [-0.2, -0.15) is 0 Å². The zero-order valence-corrected chi connectivity index (χ0v) is 16.0. The van der Waals surface area contributed by atoms with Gasteiger partial charge in [0, 0.05) is 24.3 Å². The molecule has 0 aliphatic carbocycles. The Morgan fingerprint density at radius 3 is 2.27 bits per heavy atom. The second-order valence-electron chi connectivity index (χ2n) is 6.61. The standard InChI is InChI=1S/C18H22N4O3S/c1-18(2,3)20-16(23)22(26)14-10-11-15(19-12-14)25-17(24)21(4)13-8-6-5-7-9-13/h5-12,26H,1-4H3,(H,20,23). The van der Waals surface area contributed by atoms with Crippen LogP contribution in [-0.2, 0) is 0 Å². The third kappa shape index (κ3) is 5.38. The number of hydrogen-bond acceptors (Lipinski definition) is 5. The molecule has 0 fully saturated rings. The molecule has 0 spiro atoms. The molecule has 7 nitrogen and oxygen atoms in total. The summed E-state index contributed by atoms with van der Waals surface area (Å²) in [6, 6.07) is 11.8. The van der Waals surface area contributed by atoms with Crippen LogP contribution in [0.4, 0.5) is 21.0 Å². The average molecular weight is 374 g/mol. The molecule has 3 amide bonds. The Morgan fingerprint density at radius 1 is 1.08 bits per heavy atom. The van der Waals surface area contributed by atoms with Crippen molar-refractivity contribution < 1.29 is 14.3 Å². The highest BCUT2D eigenvalue weighted by atomic mass is 32.1. The van der Waals surface area contributed by atoms with Gasteiger partial charge in [-0.1, -0.05) is 31.0 Å². The predicted octanol–water partition coefficient (Wildman–Crippen LogP) is 3.88. The predicted molar refractivity (Wildman–Crippen MR) is 105 cm³/mol. The summed E-state index contributed by atoms with van der Waals surface area (Å²) in [7, 11) is 1.61. The molecular weight excluding hydrogens is 352 g/mol. The van der Waals surface area contributed by atoms with Crippen LogP contribution < -0.4 is 19.3 Å². The van der Waals surface area contributed by atoms with Crippen LogP contribution in [0.3, 0.4) is 0 Å². The van der Waals surface area contributed by atoms with E-state index in [0.717, 1.165) is 4.31 Å². The summed E-state index contributed by atoms with van der Waals surface area (Å²) in [6.07, 6.45) is 0.838. The number of anilines is 2. The topological polar surface area (TPSA) is 74.8 Å². The number of ether oxygens (including phenoxy) is 1. The van der Waals surface area contributed by atoms with E-state index in [0.29, 0.717) is 11.4 Å². The van der Waals surface area contributed by atoms with Crippen molar-refractivity contribution >= 4 is 36.3 Å². The van der Waals surface area contributed by atoms with Gasteiger partial charge in [-0.25, -0.2) is 18.9 Å². The van der Waals surface area contributed by atoms with E-state index in [2.05, 4.69) is 23.1 Å². The highest BCUT2D eigenvalue weighted by molar-refractivity contribution is 7.82. The molecule has 0 aliphatic rings. The van der Waals surface area contributed by atoms with Gasteiger partial charge in [-0.3, -0.25) is 4.90 Å². The monoisotopic (exact) mass is 374 g/mol. The van der Waals surface area contributed by atoms with Crippen LogP contribution in [0.5, 0.6) is 5.88 Å². The molecule has 0 aliphatic heterocycles. The molecule has 138 valence electrons. The molecule has 0 unspecified atom stereocenters. The molecule has 2 rings (SSSR count). The van der Waals surface area contributed by atoms with E-state index < -0.39 is 6.09 Å². The summed E-state index contributed by atoms with van der Waals surface area (Å²) < 4.78 is 6.38. The first-order valence-electron chi connectivity index (χ1n) is 7.95. The minimum atomic E-state index is -0.565. The van der Waals surface area contributed by atoms with Crippen molar-refractivity contribution in [2.75, 3.05) is 16.3 Å². The molecule has 0 atom stereocenters. The van der Waals surface area contributed by atoms with Crippen molar-refractivity contribution in [3.63, 3.8) is 0 Å². The van der Waals surface area contributed by atoms with Crippen LogP contribution >= 0.6 is 12.8 Å². The quantitative estimate of drug-likeness (QED) is 0.800. The van der Waals surface area contributed by atoms with E-state index >= 15 is 0 Å². The van der Waals surface area contributed by atoms with Crippen molar-refractivity contribution in [3.05, 3.63) is 48.7 Å². The van der Waals surface area contributed by atoms with Gasteiger partial charge in [0.2, 0.25) is 5.88 Å². The molecule has 0 bridgehead atoms. The summed E-state index contributed by atoms with van der Waals surface area (Å²) in [5.74, 6) is 0.125. The van der Waals surface area contributed by atoms with Gasteiger partial charge in [0.1, 0.15) is 0 Å². The minimum absolute atomic E-state index is 0.125. The van der Waals surface area contributed by atoms with E-state index in [1.165, 1.54) is 17.2 Å². The van der Waals surface area contributed by atoms with Crippen molar-refractivity contribution in [1.82, 2.24) is 10.3 Å². The molecule has 1 N–H and O–H groups in total. The van der Waals surface area contributed by atoms with E-state index in [9.17, 15) is 9.59 Å². The van der Waals surface area contributed by atoms with Gasteiger partial charge in [0.25, 0.3) is 0 Å². The normalized spacial score (nSPS) is 10.8. The maximum atomic E-state index is 12.2. The number of benzene rings is 1. The fraction of sp³-hybridized carbons (Fsp3) is 0.278. The lowest BCUT2D eigenvalue weighted by molar-refractivity contribution is 0.207. The second-order valence-corrected chi connectivity index (χ2v) is 7.01. The van der Waals surface area contributed by atoms with Crippen LogP contribution in [0.25, 0.3) is 0 Å². The molecule has 0 saturated heterocycles. The van der Waals surface area contributed by atoms with Gasteiger partial charge in [0.15, 0.2) is 0 Å². The van der Waals surface area contributed by atoms with Crippen LogP contribution in [0, 0.1) is 0 Å². The lowest BCUT2D eigenvalue weighted by Crippen LogP contribution is -2.45. The fourth-order valence-corrected chi connectivity index (χ4v) is 2.13. The number of nitrogens with one attached hydrogen (secondary N) is 1. The molecule has 2 aromatic rings. The largest absolute Gasteiger partial charge is 0.420 e. The first-order chi connectivity index (χ1) is 12.2. The summed E-state index contributed by atoms with van der Waals surface area (Å²) >= 11 is 4.18. The van der Waals surface area contributed by atoms with Crippen molar-refractivity contribution in [2.45, 2.75) is 26.3 Å². The third-order valence-corrected chi connectivity index (χ3v) is 3.66. The number of urea groups is 1. The first kappa shape index (κ1) is 19.6. The number of amides is 3. The fourth-order valence-electron chi connectivity index (χ4n) is 1.96. The van der Waals surface area contributed by atoms with Crippen LogP contribution in [0.2, 0.25) is 0 Å². The Balaban J connectivity index is 2.01. The zero-order valence-electron chi connectivity index (χ0n) is 15.1. The maximum absolute atomic E-state index is 12.2. The Hall–Kier alpha value is -2.74. The van der Waals surface area contributed by atoms with E-state index in [1.807, 2.05) is 39.0 Å². The highest BCUT2D eigenvalue weighted by Crippen LogP contribution is 2.20. The minimum Gasteiger partial charge on any atom is -0.391 e. The molecule has 1 aromatic carbocycles. The molecular formula is C18H22N4O3S. The Labute approximate surface area is 158 Å². The first-order valence-corrected chi connectivity index (χ1v) is 8.35. The highest BCUT2D eigenvalue weighted by Gasteiger charge is 2.19. The molecule has 0 saturated carbocycles. The molecule has 1 heterocycles. The second kappa shape index (κ2) is 8.09. The SMILES string of the molecule is CN(C(=O)Oc1ccc(N(S)C(=O)NC(C)(C)C)cn1)c1ccccc1. The smallest absolute Gasteiger partial charge is 0.391 e. The number of para-hydroxylation sites is 1. The number of carbonyl (C=O) groups is 2. The number of rotatable bonds is 3. The number of carbonyl (C=O) groups excluding carboxylic acids is 2. The van der Waals surface area contributed by atoms with Crippen LogP contribution in [-0.4, -0.2) is 29.7 Å². The Bertz CT molecular complexity index is 760. The number of thiol groups is 1. The molecule has 26 heavy (non-hydrogen) atoms. The van der Waals surface area contributed by atoms with Gasteiger partial charge in [-0.15, -0.1) is 0 Å². The van der Waals surface area contributed by atoms with Crippen LogP contribution in [0.1, 0.15) is 20.8 Å². The Morgan fingerprint density at radius 2 is 1.73 bits per heavy atom. The summed E-state index contributed by atoms with van der Waals surface area (Å²) in [4.78, 5) is 29.7. The summed E-state index contributed by atoms with van der Waals surface area (Å²) in [5.41, 5.74) is 0.768. The van der Waals surface area contributed by atoms with E-state index in [4.69, 9.17) is 4.74 Å². The van der Waals surface area contributed by atoms with E-state index in [-0.39, 0.29) is 17.5 Å². The maximum Gasteiger partial charge on any atom is 0.420 e. The van der Waals surface area contributed by atoms with Crippen LogP contribution in [0.15, 0.2) is 48.7 Å². The number of aromatic nitrogens is 1. The van der Waals surface area contributed by atoms with Gasteiger partial charge >= 0.3 is 12.1 Å². The number of nitrogens with zero attached hydrogens (tertiary/aromatic N) is 3. The molecule has 1 aromatic heterocycles. The summed E-state index contributed by atoms with van der Waals surface area (Å²) in [5, 5.41) is 2.79. The summed E-state index contributed by atoms with van der Waals surface area (Å²) in [6.45, 7) is 5.61. The zero-order chi connectivity index (χ0) is 19.3. The van der Waals surface area contributed by atoms with Crippen molar-refractivity contribution in [1.29, 1.82) is 0 Å². The van der Waals surface area contributed by atoms with Crippen molar-refractivity contribution in [3.8, 4) is 5.88 Å². The Kier molecular flexibility index (Phi) is 6.10. The van der Waals surface area contributed by atoms with Gasteiger partial charge < -0.3 is 10.1 Å². The van der Waals surface area contributed by atoms with E-state index in [1.54, 1.807) is 25.2 Å². The third-order valence-electron chi connectivity index (χ3n) is 3.25. The average Bonchev–Trinajstić information content (AvgIpc) is 2.60. The lowest BCUT2D eigenvalue weighted by atomic mass is 10.1.